The van der Waals surface area contributed by atoms with Gasteiger partial charge >= 0.3 is 0 Å². The van der Waals surface area contributed by atoms with Gasteiger partial charge in [0.05, 0.1) is 17.8 Å². The Balaban J connectivity index is 1.39. The third kappa shape index (κ3) is 3.94. The Labute approximate surface area is 202 Å². The number of benzene rings is 2. The van der Waals surface area contributed by atoms with Crippen LogP contribution in [-0.4, -0.2) is 39.2 Å². The highest BCUT2D eigenvalue weighted by molar-refractivity contribution is 5.90. The zero-order valence-electron chi connectivity index (χ0n) is 19.3. The lowest BCUT2D eigenvalue weighted by Gasteiger charge is -2.50. The number of nitrogens with zero attached hydrogens (tertiary/aromatic N) is 4. The number of hydrazine groups is 1. The molecule has 2 aromatic carbocycles. The quantitative estimate of drug-likeness (QED) is 0.434. The molecule has 35 heavy (non-hydrogen) atoms. The lowest BCUT2D eigenvalue weighted by molar-refractivity contribution is -0.0874. The molecule has 2 aliphatic heterocycles. The molecule has 8 heteroatoms. The van der Waals surface area contributed by atoms with Crippen LogP contribution >= 0.6 is 0 Å². The number of aromatic nitrogens is 2. The van der Waals surface area contributed by atoms with Crippen LogP contribution < -0.4 is 10.2 Å². The van der Waals surface area contributed by atoms with E-state index in [1.807, 2.05) is 42.6 Å². The standard InChI is InChI=1S/C27H26F2N6/c1-18-26(20-4-8-22(29)9-5-20)35(25(16-32-18)19-2-6-21(28)7-3-19)34-15-14-33(17-34)24-11-13-31-27-23(24)10-12-30-27/h2-15,18,25-26,32H,16-17H2,1H3,(H,30,31)/t18-,25?,26?/m1/s1. The predicted octanol–water partition coefficient (Wildman–Crippen LogP) is 5.08. The smallest absolute Gasteiger partial charge is 0.139 e. The Kier molecular flexibility index (Phi) is 5.47. The molecule has 4 aromatic rings. The lowest BCUT2D eigenvalue weighted by atomic mass is 9.92. The van der Waals surface area contributed by atoms with Gasteiger partial charge in [0.2, 0.25) is 0 Å². The minimum Gasteiger partial charge on any atom is -0.346 e. The van der Waals surface area contributed by atoms with Gasteiger partial charge in [0.15, 0.2) is 0 Å². The SMILES string of the molecule is C[C@H]1NCC(c2ccc(F)cc2)N(N2C=CN(c3ccnc4[nH]ccc34)C2)C1c1ccc(F)cc1. The van der Waals surface area contributed by atoms with Crippen LogP contribution in [0, 0.1) is 11.6 Å². The highest BCUT2D eigenvalue weighted by Gasteiger charge is 2.41. The molecule has 2 aromatic heterocycles. The molecule has 0 spiro atoms. The van der Waals surface area contributed by atoms with Crippen LogP contribution in [0.15, 0.2) is 85.5 Å². The van der Waals surface area contributed by atoms with Crippen molar-refractivity contribution in [3.8, 4) is 0 Å². The van der Waals surface area contributed by atoms with Gasteiger partial charge in [0.1, 0.15) is 24.0 Å². The van der Waals surface area contributed by atoms with Gasteiger partial charge in [-0.25, -0.2) is 18.8 Å². The fraction of sp³-hybridized carbons (Fsp3) is 0.222. The van der Waals surface area contributed by atoms with E-state index in [1.54, 1.807) is 6.20 Å². The molecule has 2 N–H and O–H groups in total. The van der Waals surface area contributed by atoms with E-state index in [0.29, 0.717) is 13.2 Å². The van der Waals surface area contributed by atoms with E-state index in [0.717, 1.165) is 27.8 Å². The van der Waals surface area contributed by atoms with Crippen LogP contribution in [0.5, 0.6) is 0 Å². The maximum atomic E-state index is 13.8. The van der Waals surface area contributed by atoms with Crippen LogP contribution in [-0.2, 0) is 0 Å². The number of rotatable bonds is 4. The van der Waals surface area contributed by atoms with Crippen molar-refractivity contribution in [3.05, 3.63) is 108 Å². The molecule has 0 saturated carbocycles. The molecule has 0 radical (unpaired) electrons. The van der Waals surface area contributed by atoms with E-state index in [9.17, 15) is 8.78 Å². The minimum absolute atomic E-state index is 0.0452. The average molecular weight is 473 g/mol. The van der Waals surface area contributed by atoms with Crippen molar-refractivity contribution in [1.82, 2.24) is 25.3 Å². The van der Waals surface area contributed by atoms with Gasteiger partial charge in [-0.05, 0) is 54.4 Å². The molecule has 1 saturated heterocycles. The zero-order valence-corrected chi connectivity index (χ0v) is 19.3. The third-order valence-corrected chi connectivity index (χ3v) is 6.94. The van der Waals surface area contributed by atoms with E-state index in [2.05, 4.69) is 49.5 Å². The van der Waals surface area contributed by atoms with Crippen molar-refractivity contribution < 1.29 is 8.78 Å². The molecule has 0 aliphatic carbocycles. The number of fused-ring (bicyclic) bond motifs is 1. The summed E-state index contributed by atoms with van der Waals surface area (Å²) >= 11 is 0. The van der Waals surface area contributed by atoms with Gasteiger partial charge < -0.3 is 15.2 Å². The van der Waals surface area contributed by atoms with Crippen molar-refractivity contribution in [2.75, 3.05) is 18.1 Å². The molecule has 1 fully saturated rings. The molecule has 178 valence electrons. The minimum atomic E-state index is -0.257. The van der Waals surface area contributed by atoms with Crippen molar-refractivity contribution in [2.24, 2.45) is 0 Å². The van der Waals surface area contributed by atoms with Crippen molar-refractivity contribution >= 4 is 16.7 Å². The summed E-state index contributed by atoms with van der Waals surface area (Å²) < 4.78 is 27.5. The number of aromatic amines is 1. The highest BCUT2D eigenvalue weighted by atomic mass is 19.1. The summed E-state index contributed by atoms with van der Waals surface area (Å²) in [4.78, 5) is 9.77. The molecule has 2 aliphatic rings. The highest BCUT2D eigenvalue weighted by Crippen LogP contribution is 2.40. The fourth-order valence-corrected chi connectivity index (χ4v) is 5.23. The summed E-state index contributed by atoms with van der Waals surface area (Å²) in [6.07, 6.45) is 7.84. The largest absolute Gasteiger partial charge is 0.346 e. The fourth-order valence-electron chi connectivity index (χ4n) is 5.23. The van der Waals surface area contributed by atoms with E-state index in [4.69, 9.17) is 0 Å². The number of H-pyrrole nitrogens is 1. The average Bonchev–Trinajstić information content (AvgIpc) is 3.55. The first-order valence-electron chi connectivity index (χ1n) is 11.7. The summed E-state index contributed by atoms with van der Waals surface area (Å²) in [6.45, 7) is 3.45. The van der Waals surface area contributed by atoms with Crippen molar-refractivity contribution in [3.63, 3.8) is 0 Å². The first-order valence-corrected chi connectivity index (χ1v) is 11.7. The summed E-state index contributed by atoms with van der Waals surface area (Å²) in [6, 6.07) is 17.5. The summed E-state index contributed by atoms with van der Waals surface area (Å²) in [7, 11) is 0. The number of piperazine rings is 1. The van der Waals surface area contributed by atoms with Gasteiger partial charge in [0.25, 0.3) is 0 Å². The van der Waals surface area contributed by atoms with Gasteiger partial charge in [-0.15, -0.1) is 0 Å². The first-order chi connectivity index (χ1) is 17.1. The Hall–Kier alpha value is -3.75. The Morgan fingerprint density at radius 1 is 0.886 bits per heavy atom. The second kappa shape index (κ2) is 8.79. The summed E-state index contributed by atoms with van der Waals surface area (Å²) in [5, 5.41) is 9.22. The predicted molar refractivity (Wildman–Crippen MR) is 132 cm³/mol. The Bertz CT molecular complexity index is 1350. The molecular formula is C27H26F2N6. The molecule has 4 heterocycles. The maximum absolute atomic E-state index is 13.8. The number of hydrogen-bond donors (Lipinski definition) is 2. The van der Waals surface area contributed by atoms with E-state index in [-0.39, 0.29) is 29.8 Å². The van der Waals surface area contributed by atoms with Crippen LogP contribution in [0.1, 0.15) is 30.1 Å². The van der Waals surface area contributed by atoms with Crippen LogP contribution in [0.2, 0.25) is 0 Å². The second-order valence-corrected chi connectivity index (χ2v) is 9.06. The Morgan fingerprint density at radius 3 is 2.34 bits per heavy atom. The van der Waals surface area contributed by atoms with Crippen LogP contribution in [0.4, 0.5) is 14.5 Å². The number of halogens is 2. The van der Waals surface area contributed by atoms with E-state index < -0.39 is 0 Å². The second-order valence-electron chi connectivity index (χ2n) is 9.06. The monoisotopic (exact) mass is 472 g/mol. The summed E-state index contributed by atoms with van der Waals surface area (Å²) in [5.41, 5.74) is 3.94. The summed E-state index contributed by atoms with van der Waals surface area (Å²) in [5.74, 6) is -0.514. The third-order valence-electron chi connectivity index (χ3n) is 6.94. The first kappa shape index (κ1) is 21.8. The van der Waals surface area contributed by atoms with Gasteiger partial charge in [-0.2, -0.15) is 0 Å². The van der Waals surface area contributed by atoms with Crippen LogP contribution in [0.25, 0.3) is 11.0 Å². The maximum Gasteiger partial charge on any atom is 0.139 e. The normalized spacial score (nSPS) is 22.9. The van der Waals surface area contributed by atoms with E-state index >= 15 is 0 Å². The van der Waals surface area contributed by atoms with E-state index in [1.165, 1.54) is 24.3 Å². The molecule has 0 amide bonds. The number of nitrogens with one attached hydrogen (secondary N) is 2. The van der Waals surface area contributed by atoms with Crippen molar-refractivity contribution in [1.29, 1.82) is 0 Å². The van der Waals surface area contributed by atoms with Gasteiger partial charge in [0, 0.05) is 42.8 Å². The topological polar surface area (TPSA) is 50.4 Å². The number of anilines is 1. The molecule has 3 atom stereocenters. The lowest BCUT2D eigenvalue weighted by Crippen LogP contribution is -2.58. The Morgan fingerprint density at radius 2 is 1.60 bits per heavy atom. The molecule has 2 unspecified atom stereocenters. The zero-order chi connectivity index (χ0) is 23.9. The van der Waals surface area contributed by atoms with Crippen LogP contribution in [0.3, 0.4) is 0 Å². The molecule has 6 rings (SSSR count). The van der Waals surface area contributed by atoms with Crippen molar-refractivity contribution in [2.45, 2.75) is 25.0 Å². The van der Waals surface area contributed by atoms with Gasteiger partial charge in [-0.1, -0.05) is 24.3 Å². The number of hydrogen-bond acceptors (Lipinski definition) is 5. The molecule has 6 nitrogen and oxygen atoms in total. The molecule has 0 bridgehead atoms. The molecular weight excluding hydrogens is 446 g/mol. The van der Waals surface area contributed by atoms with Gasteiger partial charge in [-0.3, -0.25) is 5.01 Å². The number of pyridine rings is 1.